The molecule has 0 aliphatic rings. The molecule has 0 aliphatic carbocycles. The topological polar surface area (TPSA) is 81.7 Å². The van der Waals surface area contributed by atoms with Crippen molar-refractivity contribution in [3.05, 3.63) is 42.0 Å². The number of allylic oxidation sites excluding steroid dienone is 1. The van der Waals surface area contributed by atoms with Gasteiger partial charge in [0.25, 0.3) is 5.91 Å². The Hall–Kier alpha value is -2.63. The molecule has 1 amide bonds. The normalized spacial score (nSPS) is 10.3. The van der Waals surface area contributed by atoms with Gasteiger partial charge in [0.15, 0.2) is 6.61 Å². The predicted molar refractivity (Wildman–Crippen MR) is 86.0 cm³/mol. The number of anilines is 1. The summed E-state index contributed by atoms with van der Waals surface area (Å²) in [4.78, 5) is 34.4. The summed E-state index contributed by atoms with van der Waals surface area (Å²) in [5, 5.41) is 2.57. The summed E-state index contributed by atoms with van der Waals surface area (Å²) >= 11 is 0. The Balaban J connectivity index is 2.45. The van der Waals surface area contributed by atoms with Gasteiger partial charge in [-0.25, -0.2) is 9.59 Å². The van der Waals surface area contributed by atoms with Crippen molar-refractivity contribution in [3.8, 4) is 0 Å². The monoisotopic (exact) mass is 319 g/mol. The number of esters is 2. The zero-order valence-electron chi connectivity index (χ0n) is 13.3. The molecule has 0 aliphatic heterocycles. The minimum Gasteiger partial charge on any atom is -0.462 e. The van der Waals surface area contributed by atoms with Crippen molar-refractivity contribution in [2.75, 3.05) is 18.5 Å². The van der Waals surface area contributed by atoms with Gasteiger partial charge in [-0.1, -0.05) is 19.4 Å². The van der Waals surface area contributed by atoms with E-state index in [1.165, 1.54) is 12.2 Å². The standard InChI is InChI=1S/C17H21NO5/c1-3-5-11-22-17(21)13-7-9-14(10-8-13)18-15(19)12-23-16(20)6-4-2/h4,6-10H,3,5,11-12H2,1-2H3,(H,18,19). The number of nitrogens with one attached hydrogen (secondary N) is 1. The summed E-state index contributed by atoms with van der Waals surface area (Å²) in [6.45, 7) is 3.71. The van der Waals surface area contributed by atoms with E-state index >= 15 is 0 Å². The average molecular weight is 319 g/mol. The molecule has 0 heterocycles. The summed E-state index contributed by atoms with van der Waals surface area (Å²) in [6.07, 6.45) is 4.54. The Morgan fingerprint density at radius 2 is 1.83 bits per heavy atom. The Kier molecular flexibility index (Phi) is 8.13. The number of rotatable bonds is 8. The molecule has 1 rings (SSSR count). The molecule has 0 spiro atoms. The molecule has 0 bridgehead atoms. The van der Waals surface area contributed by atoms with Crippen molar-refractivity contribution in [2.24, 2.45) is 0 Å². The molecule has 1 aromatic rings. The lowest BCUT2D eigenvalue weighted by molar-refractivity contribution is -0.142. The third-order valence-corrected chi connectivity index (χ3v) is 2.78. The first-order valence-electron chi connectivity index (χ1n) is 7.43. The van der Waals surface area contributed by atoms with E-state index in [1.807, 2.05) is 6.92 Å². The zero-order chi connectivity index (χ0) is 17.1. The van der Waals surface area contributed by atoms with Crippen LogP contribution in [0.3, 0.4) is 0 Å². The van der Waals surface area contributed by atoms with E-state index in [0.717, 1.165) is 12.8 Å². The van der Waals surface area contributed by atoms with Gasteiger partial charge in [0, 0.05) is 11.8 Å². The van der Waals surface area contributed by atoms with Crippen molar-refractivity contribution in [1.82, 2.24) is 0 Å². The first-order chi connectivity index (χ1) is 11.1. The number of carbonyl (C=O) groups is 3. The maximum Gasteiger partial charge on any atom is 0.338 e. The molecule has 0 saturated heterocycles. The van der Waals surface area contributed by atoms with Crippen LogP contribution in [0.2, 0.25) is 0 Å². The third kappa shape index (κ3) is 7.26. The number of unbranched alkanes of at least 4 members (excludes halogenated alkanes) is 1. The third-order valence-electron chi connectivity index (χ3n) is 2.78. The van der Waals surface area contributed by atoms with E-state index in [9.17, 15) is 14.4 Å². The molecule has 23 heavy (non-hydrogen) atoms. The van der Waals surface area contributed by atoms with Crippen LogP contribution in [-0.4, -0.2) is 31.1 Å². The minimum absolute atomic E-state index is 0.371. The fraction of sp³-hybridized carbons (Fsp3) is 0.353. The van der Waals surface area contributed by atoms with Crippen LogP contribution in [-0.2, 0) is 19.1 Å². The second kappa shape index (κ2) is 10.2. The summed E-state index contributed by atoms with van der Waals surface area (Å²) in [7, 11) is 0. The van der Waals surface area contributed by atoms with Gasteiger partial charge in [0.05, 0.1) is 12.2 Å². The molecule has 6 nitrogen and oxygen atoms in total. The summed E-state index contributed by atoms with van der Waals surface area (Å²) in [5.41, 5.74) is 0.917. The summed E-state index contributed by atoms with van der Waals surface area (Å²) < 4.78 is 9.81. The van der Waals surface area contributed by atoms with Crippen molar-refractivity contribution >= 4 is 23.5 Å². The number of benzene rings is 1. The van der Waals surface area contributed by atoms with Gasteiger partial charge in [-0.3, -0.25) is 4.79 Å². The molecule has 1 aromatic carbocycles. The number of hydrogen-bond donors (Lipinski definition) is 1. The van der Waals surface area contributed by atoms with Crippen LogP contribution in [0.4, 0.5) is 5.69 Å². The van der Waals surface area contributed by atoms with E-state index in [2.05, 4.69) is 5.32 Å². The number of hydrogen-bond acceptors (Lipinski definition) is 5. The van der Waals surface area contributed by atoms with E-state index in [-0.39, 0.29) is 6.61 Å². The lowest BCUT2D eigenvalue weighted by atomic mass is 10.2. The van der Waals surface area contributed by atoms with Gasteiger partial charge in [-0.15, -0.1) is 0 Å². The first-order valence-corrected chi connectivity index (χ1v) is 7.43. The van der Waals surface area contributed by atoms with E-state index in [0.29, 0.717) is 17.9 Å². The van der Waals surface area contributed by atoms with Crippen LogP contribution < -0.4 is 5.32 Å². The van der Waals surface area contributed by atoms with Crippen molar-refractivity contribution < 1.29 is 23.9 Å². The van der Waals surface area contributed by atoms with Crippen molar-refractivity contribution in [3.63, 3.8) is 0 Å². The van der Waals surface area contributed by atoms with Gasteiger partial charge in [0.1, 0.15) is 0 Å². The second-order valence-corrected chi connectivity index (χ2v) is 4.72. The Bertz CT molecular complexity index is 563. The molecule has 124 valence electrons. The van der Waals surface area contributed by atoms with Gasteiger partial charge < -0.3 is 14.8 Å². The van der Waals surface area contributed by atoms with Crippen LogP contribution >= 0.6 is 0 Å². The second-order valence-electron chi connectivity index (χ2n) is 4.72. The lowest BCUT2D eigenvalue weighted by Crippen LogP contribution is -2.20. The predicted octanol–water partition coefficient (Wildman–Crippen LogP) is 2.70. The summed E-state index contributed by atoms with van der Waals surface area (Å²) in [6, 6.07) is 6.30. The molecule has 0 aromatic heterocycles. The SMILES string of the molecule is CC=CC(=O)OCC(=O)Nc1ccc(C(=O)OCCCC)cc1. The van der Waals surface area contributed by atoms with Gasteiger partial charge in [-0.2, -0.15) is 0 Å². The maximum atomic E-state index is 11.7. The van der Waals surface area contributed by atoms with E-state index < -0.39 is 17.8 Å². The van der Waals surface area contributed by atoms with Crippen LogP contribution in [0.25, 0.3) is 0 Å². The van der Waals surface area contributed by atoms with Gasteiger partial charge in [0.2, 0.25) is 0 Å². The smallest absolute Gasteiger partial charge is 0.338 e. The van der Waals surface area contributed by atoms with Crippen LogP contribution in [0.1, 0.15) is 37.0 Å². The molecule has 0 atom stereocenters. The van der Waals surface area contributed by atoms with Gasteiger partial charge >= 0.3 is 11.9 Å². The fourth-order valence-electron chi connectivity index (χ4n) is 1.60. The Morgan fingerprint density at radius 1 is 1.13 bits per heavy atom. The number of carbonyl (C=O) groups excluding carboxylic acids is 3. The average Bonchev–Trinajstić information content (AvgIpc) is 2.54. The molecule has 0 fully saturated rings. The van der Waals surface area contributed by atoms with Gasteiger partial charge in [-0.05, 0) is 37.6 Å². The highest BCUT2D eigenvalue weighted by molar-refractivity contribution is 5.95. The van der Waals surface area contributed by atoms with E-state index in [4.69, 9.17) is 9.47 Å². The molecular formula is C17H21NO5. The molecule has 0 saturated carbocycles. The highest BCUT2D eigenvalue weighted by atomic mass is 16.5. The molecular weight excluding hydrogens is 298 g/mol. The quantitative estimate of drug-likeness (QED) is 0.452. The molecule has 1 N–H and O–H groups in total. The fourth-order valence-corrected chi connectivity index (χ4v) is 1.60. The highest BCUT2D eigenvalue weighted by Crippen LogP contribution is 2.11. The van der Waals surface area contributed by atoms with Crippen molar-refractivity contribution in [2.45, 2.75) is 26.7 Å². The minimum atomic E-state index is -0.576. The first kappa shape index (κ1) is 18.4. The zero-order valence-corrected chi connectivity index (χ0v) is 13.3. The number of amides is 1. The Labute approximate surface area is 135 Å². The molecule has 0 radical (unpaired) electrons. The van der Waals surface area contributed by atoms with Crippen LogP contribution in [0.5, 0.6) is 0 Å². The maximum absolute atomic E-state index is 11.7. The number of ether oxygens (including phenoxy) is 2. The van der Waals surface area contributed by atoms with Crippen LogP contribution in [0, 0.1) is 0 Å². The largest absolute Gasteiger partial charge is 0.462 e. The molecule has 0 unspecified atom stereocenters. The lowest BCUT2D eigenvalue weighted by Gasteiger charge is -2.07. The summed E-state index contributed by atoms with van der Waals surface area (Å²) in [5.74, 6) is -1.43. The highest BCUT2D eigenvalue weighted by Gasteiger charge is 2.08. The van der Waals surface area contributed by atoms with E-state index in [1.54, 1.807) is 31.2 Å². The Morgan fingerprint density at radius 3 is 2.43 bits per heavy atom. The van der Waals surface area contributed by atoms with Crippen LogP contribution in [0.15, 0.2) is 36.4 Å². The van der Waals surface area contributed by atoms with Crippen molar-refractivity contribution in [1.29, 1.82) is 0 Å². The molecule has 6 heteroatoms.